The van der Waals surface area contributed by atoms with Gasteiger partial charge in [0.2, 0.25) is 6.79 Å². The summed E-state index contributed by atoms with van der Waals surface area (Å²) in [6.07, 6.45) is 1.79. The van der Waals surface area contributed by atoms with Gasteiger partial charge in [0, 0.05) is 12.2 Å². The van der Waals surface area contributed by atoms with E-state index in [-0.39, 0.29) is 13.4 Å². The molecule has 36 heavy (non-hydrogen) atoms. The molecule has 4 rings (SSSR count). The minimum absolute atomic E-state index is 0.131. The first-order chi connectivity index (χ1) is 17.3. The number of ether oxygens (including phenoxy) is 3. The van der Waals surface area contributed by atoms with E-state index in [1.54, 1.807) is 0 Å². The van der Waals surface area contributed by atoms with Crippen LogP contribution in [0.3, 0.4) is 0 Å². The summed E-state index contributed by atoms with van der Waals surface area (Å²) in [6.45, 7) is 9.38. The maximum absolute atomic E-state index is 12.6. The minimum Gasteiger partial charge on any atom is -0.453 e. The van der Waals surface area contributed by atoms with Crippen LogP contribution in [0.5, 0.6) is 11.5 Å². The maximum atomic E-state index is 12.6. The van der Waals surface area contributed by atoms with Crippen LogP contribution in [-0.4, -0.2) is 38.2 Å². The highest BCUT2D eigenvalue weighted by molar-refractivity contribution is 6.98. The third kappa shape index (κ3) is 5.09. The Morgan fingerprint density at radius 3 is 2.14 bits per heavy atom. The molecule has 192 valence electrons. The quantitative estimate of drug-likeness (QED) is 0.293. The Balaban J connectivity index is 1.73. The third-order valence-corrected chi connectivity index (χ3v) is 11.8. The highest BCUT2D eigenvalue weighted by atomic mass is 28.4. The summed E-state index contributed by atoms with van der Waals surface area (Å²) in [5.41, 5.74) is 2.69. The van der Waals surface area contributed by atoms with Gasteiger partial charge in [0.05, 0.1) is 6.61 Å². The van der Waals surface area contributed by atoms with Crippen LogP contribution in [0.4, 0.5) is 0 Å². The number of unbranched alkanes of at least 4 members (excludes halogenated alkanes) is 1. The van der Waals surface area contributed by atoms with Crippen LogP contribution in [0, 0.1) is 6.92 Å². The average Bonchev–Trinajstić information content (AvgIpc) is 3.39. The zero-order valence-corrected chi connectivity index (χ0v) is 22.8. The Morgan fingerprint density at radius 1 is 0.972 bits per heavy atom. The zero-order valence-electron chi connectivity index (χ0n) is 21.8. The van der Waals surface area contributed by atoms with E-state index >= 15 is 0 Å². The molecule has 3 aromatic rings. The van der Waals surface area contributed by atoms with Crippen molar-refractivity contribution in [3.8, 4) is 11.5 Å². The number of aliphatic hydroxyl groups excluding tert-OH is 1. The zero-order chi connectivity index (χ0) is 25.8. The molecule has 1 aliphatic rings. The first-order valence-corrected chi connectivity index (χ1v) is 14.8. The van der Waals surface area contributed by atoms with Gasteiger partial charge in [-0.25, -0.2) is 0 Å². The number of rotatable bonds is 11. The van der Waals surface area contributed by atoms with Crippen LogP contribution >= 0.6 is 0 Å². The summed E-state index contributed by atoms with van der Waals surface area (Å²) in [4.78, 5) is 12.6. The normalized spacial score (nSPS) is 14.2. The molecule has 0 aromatic heterocycles. The smallest absolute Gasteiger partial charge is 0.258 e. The number of fused-ring (bicyclic) bond motifs is 1. The first kappa shape index (κ1) is 26.4. The summed E-state index contributed by atoms with van der Waals surface area (Å²) in [5, 5.41) is 12.5. The van der Waals surface area contributed by atoms with E-state index < -0.39 is 19.5 Å². The van der Waals surface area contributed by atoms with Gasteiger partial charge in [0.25, 0.3) is 8.32 Å². The van der Waals surface area contributed by atoms with Gasteiger partial charge in [-0.15, -0.1) is 0 Å². The summed E-state index contributed by atoms with van der Waals surface area (Å²) in [6, 6.07) is 22.1. The Kier molecular flexibility index (Phi) is 8.20. The standard InChI is InChI=1S/C30H38O5Si/c1-5-6-17-33-20-27(31)26-18-23(22(2)28-29(26)35-21-34-28)19-30(3,4)36(32,24-13-9-7-10-14-24)25-15-11-8-12-16-25/h7-16,18,27,31-32H,5-6,17,19-21H2,1-4H3/t27-/m0/s1. The van der Waals surface area contributed by atoms with Crippen molar-refractivity contribution in [2.24, 2.45) is 0 Å². The Morgan fingerprint density at radius 2 is 1.56 bits per heavy atom. The van der Waals surface area contributed by atoms with E-state index in [0.717, 1.165) is 34.3 Å². The molecule has 0 saturated carbocycles. The van der Waals surface area contributed by atoms with Crippen molar-refractivity contribution in [1.82, 2.24) is 0 Å². The Bertz CT molecular complexity index is 1110. The summed E-state index contributed by atoms with van der Waals surface area (Å²) in [7, 11) is -3.19. The largest absolute Gasteiger partial charge is 0.453 e. The van der Waals surface area contributed by atoms with Gasteiger partial charge < -0.3 is 24.1 Å². The lowest BCUT2D eigenvalue weighted by Gasteiger charge is -2.41. The molecule has 0 saturated heterocycles. The molecule has 0 spiro atoms. The van der Waals surface area contributed by atoms with Gasteiger partial charge >= 0.3 is 0 Å². The SMILES string of the molecule is CCCCOC[C@H](O)c1cc(CC(C)(C)[Si](O)(c2ccccc2)c2ccccc2)c(C)c2c1OCO2. The second kappa shape index (κ2) is 11.2. The maximum Gasteiger partial charge on any atom is 0.258 e. The number of aliphatic hydroxyl groups is 1. The molecule has 0 fully saturated rings. The summed E-state index contributed by atoms with van der Waals surface area (Å²) < 4.78 is 17.3. The van der Waals surface area contributed by atoms with E-state index in [1.165, 1.54) is 0 Å². The van der Waals surface area contributed by atoms with Crippen molar-refractivity contribution in [3.05, 3.63) is 83.4 Å². The van der Waals surface area contributed by atoms with E-state index in [0.29, 0.717) is 30.1 Å². The van der Waals surface area contributed by atoms with Crippen LogP contribution in [0.15, 0.2) is 66.7 Å². The highest BCUT2D eigenvalue weighted by Gasteiger charge is 2.50. The van der Waals surface area contributed by atoms with Gasteiger partial charge in [-0.1, -0.05) is 87.9 Å². The molecule has 0 bridgehead atoms. The van der Waals surface area contributed by atoms with E-state index in [2.05, 4.69) is 20.8 Å². The highest BCUT2D eigenvalue weighted by Crippen LogP contribution is 2.46. The lowest BCUT2D eigenvalue weighted by molar-refractivity contribution is 0.0334. The van der Waals surface area contributed by atoms with Crippen molar-refractivity contribution in [2.75, 3.05) is 20.0 Å². The lowest BCUT2D eigenvalue weighted by Crippen LogP contribution is -2.65. The molecule has 6 heteroatoms. The van der Waals surface area contributed by atoms with Crippen LogP contribution < -0.4 is 19.8 Å². The molecule has 0 unspecified atom stereocenters. The van der Waals surface area contributed by atoms with Gasteiger partial charge in [-0.2, -0.15) is 0 Å². The molecule has 2 N–H and O–H groups in total. The Labute approximate surface area is 215 Å². The molecule has 5 nitrogen and oxygen atoms in total. The summed E-state index contributed by atoms with van der Waals surface area (Å²) in [5.74, 6) is 1.27. The van der Waals surface area contributed by atoms with Gasteiger partial charge in [0.15, 0.2) is 11.5 Å². The van der Waals surface area contributed by atoms with Crippen molar-refractivity contribution in [1.29, 1.82) is 0 Å². The van der Waals surface area contributed by atoms with Gasteiger partial charge in [-0.3, -0.25) is 0 Å². The topological polar surface area (TPSA) is 68.2 Å². The minimum atomic E-state index is -3.19. The van der Waals surface area contributed by atoms with Crippen LogP contribution in [0.25, 0.3) is 0 Å². The Hall–Kier alpha value is -2.64. The molecule has 0 radical (unpaired) electrons. The van der Waals surface area contributed by atoms with Gasteiger partial charge in [-0.05, 0) is 52.4 Å². The number of benzene rings is 3. The third-order valence-electron chi connectivity index (χ3n) is 7.30. The number of hydrogen-bond acceptors (Lipinski definition) is 5. The molecule has 1 heterocycles. The molecular weight excluding hydrogens is 468 g/mol. The summed E-state index contributed by atoms with van der Waals surface area (Å²) >= 11 is 0. The van der Waals surface area contributed by atoms with Crippen LogP contribution in [0.2, 0.25) is 5.04 Å². The predicted molar refractivity (Wildman–Crippen MR) is 146 cm³/mol. The fraction of sp³-hybridized carbons (Fsp3) is 0.400. The fourth-order valence-electron chi connectivity index (χ4n) is 5.15. The molecule has 3 aromatic carbocycles. The van der Waals surface area contributed by atoms with E-state index in [1.807, 2.05) is 73.7 Å². The van der Waals surface area contributed by atoms with E-state index in [9.17, 15) is 9.90 Å². The van der Waals surface area contributed by atoms with E-state index in [4.69, 9.17) is 14.2 Å². The molecular formula is C30H38O5Si. The molecule has 1 atom stereocenters. The molecule has 1 aliphatic heterocycles. The van der Waals surface area contributed by atoms with Crippen LogP contribution in [-0.2, 0) is 11.2 Å². The fourth-order valence-corrected chi connectivity index (χ4v) is 8.84. The van der Waals surface area contributed by atoms with Crippen molar-refractivity contribution < 1.29 is 24.1 Å². The second-order valence-electron chi connectivity index (χ2n) is 10.3. The molecule has 0 amide bonds. The predicted octanol–water partition coefficient (Wildman–Crippen LogP) is 4.65. The second-order valence-corrected chi connectivity index (χ2v) is 14.2. The first-order valence-electron chi connectivity index (χ1n) is 12.8. The van der Waals surface area contributed by atoms with Crippen molar-refractivity contribution >= 4 is 18.7 Å². The number of hydrogen-bond donors (Lipinski definition) is 2. The molecule has 0 aliphatic carbocycles. The van der Waals surface area contributed by atoms with Crippen molar-refractivity contribution in [3.63, 3.8) is 0 Å². The van der Waals surface area contributed by atoms with Gasteiger partial charge in [0.1, 0.15) is 6.10 Å². The van der Waals surface area contributed by atoms with Crippen molar-refractivity contribution in [2.45, 2.75) is 58.1 Å². The van der Waals surface area contributed by atoms with Crippen LogP contribution in [0.1, 0.15) is 56.4 Å². The average molecular weight is 507 g/mol. The lowest BCUT2D eigenvalue weighted by atomic mass is 9.93. The monoisotopic (exact) mass is 506 g/mol.